The SMILES string of the molecule is O=C1OC(CCc2ccc3c(c2)OCO3)(c2ccccc2)CC(O)=C1Br. The molecule has 0 spiro atoms. The number of hydrogen-bond donors (Lipinski definition) is 1. The van der Waals surface area contributed by atoms with E-state index in [1.807, 2.05) is 48.5 Å². The number of carbonyl (C=O) groups is 1. The van der Waals surface area contributed by atoms with Crippen molar-refractivity contribution in [3.63, 3.8) is 0 Å². The van der Waals surface area contributed by atoms with Crippen molar-refractivity contribution >= 4 is 21.9 Å². The number of halogens is 1. The molecule has 2 aromatic carbocycles. The molecule has 0 amide bonds. The normalized spacial score (nSPS) is 21.7. The zero-order valence-corrected chi connectivity index (χ0v) is 15.5. The van der Waals surface area contributed by atoms with Crippen LogP contribution in [-0.2, 0) is 21.6 Å². The van der Waals surface area contributed by atoms with Gasteiger partial charge in [0.2, 0.25) is 6.79 Å². The van der Waals surface area contributed by atoms with Crippen LogP contribution < -0.4 is 9.47 Å². The summed E-state index contributed by atoms with van der Waals surface area (Å²) in [6.45, 7) is 0.233. The molecule has 2 aromatic rings. The van der Waals surface area contributed by atoms with E-state index < -0.39 is 11.6 Å². The van der Waals surface area contributed by atoms with Crippen LogP contribution in [0, 0.1) is 0 Å². The zero-order chi connectivity index (χ0) is 18.1. The van der Waals surface area contributed by atoms with Crippen LogP contribution in [0.4, 0.5) is 0 Å². The predicted molar refractivity (Wildman–Crippen MR) is 98.3 cm³/mol. The Morgan fingerprint density at radius 2 is 1.85 bits per heavy atom. The maximum atomic E-state index is 12.2. The average Bonchev–Trinajstić information content (AvgIpc) is 3.13. The zero-order valence-electron chi connectivity index (χ0n) is 13.9. The Kier molecular flexibility index (Phi) is 4.36. The highest BCUT2D eigenvalue weighted by molar-refractivity contribution is 9.12. The Balaban J connectivity index is 1.63. The number of ether oxygens (including phenoxy) is 3. The molecule has 6 heteroatoms. The summed E-state index contributed by atoms with van der Waals surface area (Å²) in [5.74, 6) is 0.918. The van der Waals surface area contributed by atoms with E-state index in [-0.39, 0.29) is 23.5 Å². The second kappa shape index (κ2) is 6.68. The third-order valence-corrected chi connectivity index (χ3v) is 5.51. The van der Waals surface area contributed by atoms with Crippen LogP contribution in [-0.4, -0.2) is 17.9 Å². The van der Waals surface area contributed by atoms with E-state index in [4.69, 9.17) is 14.2 Å². The van der Waals surface area contributed by atoms with Crippen molar-refractivity contribution in [1.29, 1.82) is 0 Å². The number of carbonyl (C=O) groups excluding carboxylic acids is 1. The minimum absolute atomic E-state index is 0.00999. The molecule has 134 valence electrons. The number of aryl methyl sites for hydroxylation is 1. The minimum Gasteiger partial charge on any atom is -0.511 e. The van der Waals surface area contributed by atoms with E-state index in [1.165, 1.54) is 0 Å². The largest absolute Gasteiger partial charge is 0.511 e. The van der Waals surface area contributed by atoms with Gasteiger partial charge in [0, 0.05) is 0 Å². The van der Waals surface area contributed by atoms with Gasteiger partial charge in [-0.05, 0) is 52.0 Å². The van der Waals surface area contributed by atoms with Gasteiger partial charge in [-0.25, -0.2) is 4.79 Å². The van der Waals surface area contributed by atoms with Crippen molar-refractivity contribution in [3.8, 4) is 11.5 Å². The molecule has 0 radical (unpaired) electrons. The van der Waals surface area contributed by atoms with Crippen LogP contribution in [0.15, 0.2) is 58.8 Å². The van der Waals surface area contributed by atoms with Gasteiger partial charge in [0.05, 0.1) is 6.42 Å². The number of aliphatic hydroxyl groups is 1. The average molecular weight is 417 g/mol. The summed E-state index contributed by atoms with van der Waals surface area (Å²) in [6, 6.07) is 15.3. The van der Waals surface area contributed by atoms with Crippen LogP contribution in [0.5, 0.6) is 11.5 Å². The molecule has 2 aliphatic rings. The number of benzene rings is 2. The minimum atomic E-state index is -0.907. The molecule has 0 aliphatic carbocycles. The van der Waals surface area contributed by atoms with E-state index in [1.54, 1.807) is 0 Å². The second-order valence-corrected chi connectivity index (χ2v) is 7.17. The number of fused-ring (bicyclic) bond motifs is 1. The molecule has 26 heavy (non-hydrogen) atoms. The molecule has 0 aromatic heterocycles. The summed E-state index contributed by atoms with van der Waals surface area (Å²) < 4.78 is 16.7. The number of hydrogen-bond acceptors (Lipinski definition) is 5. The van der Waals surface area contributed by atoms with E-state index in [0.29, 0.717) is 12.8 Å². The van der Waals surface area contributed by atoms with Crippen molar-refractivity contribution in [3.05, 3.63) is 69.9 Å². The molecule has 2 aliphatic heterocycles. The first-order valence-electron chi connectivity index (χ1n) is 8.32. The Hall–Kier alpha value is -2.47. The van der Waals surface area contributed by atoms with E-state index >= 15 is 0 Å². The summed E-state index contributed by atoms with van der Waals surface area (Å²) in [6.07, 6.45) is 1.42. The first-order valence-corrected chi connectivity index (χ1v) is 9.12. The first-order chi connectivity index (χ1) is 12.6. The van der Waals surface area contributed by atoms with Gasteiger partial charge in [0.15, 0.2) is 11.5 Å². The summed E-state index contributed by atoms with van der Waals surface area (Å²) in [5, 5.41) is 10.3. The smallest absolute Gasteiger partial charge is 0.349 e. The van der Waals surface area contributed by atoms with Crippen LogP contribution in [0.2, 0.25) is 0 Å². The summed E-state index contributed by atoms with van der Waals surface area (Å²) in [4.78, 5) is 12.2. The molecule has 5 nitrogen and oxygen atoms in total. The molecule has 2 heterocycles. The highest BCUT2D eigenvalue weighted by Crippen LogP contribution is 2.43. The first kappa shape index (κ1) is 17.0. The molecule has 1 unspecified atom stereocenters. The molecule has 0 saturated carbocycles. The van der Waals surface area contributed by atoms with Gasteiger partial charge in [-0.3, -0.25) is 0 Å². The third kappa shape index (κ3) is 3.05. The molecule has 4 rings (SSSR count). The molecular weight excluding hydrogens is 400 g/mol. The highest BCUT2D eigenvalue weighted by Gasteiger charge is 2.42. The third-order valence-electron chi connectivity index (χ3n) is 4.73. The fraction of sp³-hybridized carbons (Fsp3) is 0.250. The Bertz CT molecular complexity index is 877. The van der Waals surface area contributed by atoms with Crippen LogP contribution in [0.25, 0.3) is 0 Å². The van der Waals surface area contributed by atoms with Crippen molar-refractivity contribution in [2.45, 2.75) is 24.9 Å². The van der Waals surface area contributed by atoms with Gasteiger partial charge >= 0.3 is 5.97 Å². The second-order valence-electron chi connectivity index (χ2n) is 6.37. The van der Waals surface area contributed by atoms with Crippen molar-refractivity contribution in [2.75, 3.05) is 6.79 Å². The van der Waals surface area contributed by atoms with Gasteiger partial charge < -0.3 is 19.3 Å². The van der Waals surface area contributed by atoms with Crippen LogP contribution in [0.3, 0.4) is 0 Å². The van der Waals surface area contributed by atoms with Gasteiger partial charge in [-0.2, -0.15) is 0 Å². The Morgan fingerprint density at radius 3 is 2.62 bits per heavy atom. The fourth-order valence-corrected chi connectivity index (χ4v) is 3.57. The lowest BCUT2D eigenvalue weighted by Gasteiger charge is -2.37. The topological polar surface area (TPSA) is 65.0 Å². The predicted octanol–water partition coefficient (Wildman–Crippen LogP) is 4.35. The molecule has 1 N–H and O–H groups in total. The number of aliphatic hydroxyl groups excluding tert-OH is 1. The molecule has 0 fully saturated rings. The lowest BCUT2D eigenvalue weighted by atomic mass is 9.82. The van der Waals surface area contributed by atoms with Gasteiger partial charge in [-0.1, -0.05) is 36.4 Å². The molecule has 0 saturated heterocycles. The highest BCUT2D eigenvalue weighted by atomic mass is 79.9. The summed E-state index contributed by atoms with van der Waals surface area (Å²) in [7, 11) is 0. The number of rotatable bonds is 4. The Morgan fingerprint density at radius 1 is 1.08 bits per heavy atom. The Labute approximate surface area is 159 Å². The van der Waals surface area contributed by atoms with E-state index in [9.17, 15) is 9.90 Å². The van der Waals surface area contributed by atoms with Crippen molar-refractivity contribution in [1.82, 2.24) is 0 Å². The van der Waals surface area contributed by atoms with E-state index in [2.05, 4.69) is 15.9 Å². The standard InChI is InChI=1S/C20H17BrO5/c21-18-15(22)11-20(26-19(18)23,14-4-2-1-3-5-14)9-8-13-6-7-16-17(10-13)25-12-24-16/h1-7,10,22H,8-9,11-12H2. The molecular formula is C20H17BrO5. The summed E-state index contributed by atoms with van der Waals surface area (Å²) >= 11 is 3.10. The van der Waals surface area contributed by atoms with Crippen molar-refractivity contribution in [2.24, 2.45) is 0 Å². The molecule has 1 atom stereocenters. The van der Waals surface area contributed by atoms with Gasteiger partial charge in [0.25, 0.3) is 0 Å². The van der Waals surface area contributed by atoms with Crippen molar-refractivity contribution < 1.29 is 24.1 Å². The maximum Gasteiger partial charge on any atom is 0.349 e. The van der Waals surface area contributed by atoms with Crippen LogP contribution >= 0.6 is 15.9 Å². The lowest BCUT2D eigenvalue weighted by molar-refractivity contribution is -0.160. The van der Waals surface area contributed by atoms with E-state index in [0.717, 1.165) is 22.6 Å². The van der Waals surface area contributed by atoms with Crippen LogP contribution in [0.1, 0.15) is 24.0 Å². The summed E-state index contributed by atoms with van der Waals surface area (Å²) in [5.41, 5.74) is 1.00. The monoisotopic (exact) mass is 416 g/mol. The fourth-order valence-electron chi connectivity index (χ4n) is 3.35. The number of esters is 1. The lowest BCUT2D eigenvalue weighted by Crippen LogP contribution is -2.37. The number of cyclic esters (lactones) is 1. The van der Waals surface area contributed by atoms with Gasteiger partial charge in [-0.15, -0.1) is 0 Å². The molecule has 0 bridgehead atoms. The quantitative estimate of drug-likeness (QED) is 0.750. The van der Waals surface area contributed by atoms with Gasteiger partial charge in [0.1, 0.15) is 15.8 Å². The maximum absolute atomic E-state index is 12.2.